The Bertz CT molecular complexity index is 1580. The Labute approximate surface area is 249 Å². The van der Waals surface area contributed by atoms with E-state index < -0.39 is 40.0 Å². The molecular weight excluding hydrogens is 587 g/mol. The lowest BCUT2D eigenvalue weighted by atomic mass is 9.76. The van der Waals surface area contributed by atoms with E-state index in [-0.39, 0.29) is 17.5 Å². The van der Waals surface area contributed by atoms with Gasteiger partial charge in [-0.3, -0.25) is 9.59 Å². The van der Waals surface area contributed by atoms with Crippen molar-refractivity contribution in [2.45, 2.75) is 56.3 Å². The number of hydrogen-bond donors (Lipinski definition) is 2. The van der Waals surface area contributed by atoms with E-state index in [0.29, 0.717) is 45.0 Å². The zero-order valence-electron chi connectivity index (χ0n) is 22.3. The lowest BCUT2D eigenvalue weighted by Crippen LogP contribution is -2.59. The number of rotatable bonds is 7. The Morgan fingerprint density at radius 3 is 2.51 bits per heavy atom. The molecule has 2 aromatic carbocycles. The van der Waals surface area contributed by atoms with E-state index in [1.54, 1.807) is 65.6 Å². The van der Waals surface area contributed by atoms with Crippen molar-refractivity contribution in [2.24, 2.45) is 0 Å². The molecule has 9 nitrogen and oxygen atoms in total. The number of benzene rings is 2. The van der Waals surface area contributed by atoms with Gasteiger partial charge >= 0.3 is 0 Å². The standard InChI is InChI=1S/C29H30Cl2N4O5S/c1-41(39,40)33-24-11-4-5-12-25(24)35-27(22-14-13-18(30)16-23(22)31)26(20-9-2-3-10-21(20)29(35)37)28(36)32-17-19-8-6-7-15-34(19)38/h2-3,6-10,13-16,24-27,33H,4-5,11-12,17H2,1H3,(H,32,36)/t24-,25?,26+,27-/m0/s1. The Morgan fingerprint density at radius 1 is 1.05 bits per heavy atom. The lowest BCUT2D eigenvalue weighted by molar-refractivity contribution is -0.614. The number of carbonyl (C=O) groups is 2. The molecule has 1 unspecified atom stereocenters. The summed E-state index contributed by atoms with van der Waals surface area (Å²) in [5.74, 6) is -1.63. The summed E-state index contributed by atoms with van der Waals surface area (Å²) in [5, 5.41) is 15.8. The molecule has 1 aliphatic carbocycles. The zero-order chi connectivity index (χ0) is 29.3. The van der Waals surface area contributed by atoms with Crippen LogP contribution in [-0.2, 0) is 21.4 Å². The van der Waals surface area contributed by atoms with Crippen molar-refractivity contribution in [3.8, 4) is 0 Å². The van der Waals surface area contributed by atoms with E-state index in [9.17, 15) is 23.2 Å². The highest BCUT2D eigenvalue weighted by molar-refractivity contribution is 7.88. The second-order valence-corrected chi connectivity index (χ2v) is 13.1. The van der Waals surface area contributed by atoms with Gasteiger partial charge in [-0.2, -0.15) is 4.73 Å². The fourth-order valence-electron chi connectivity index (χ4n) is 6.02. The van der Waals surface area contributed by atoms with Crippen molar-refractivity contribution in [2.75, 3.05) is 6.26 Å². The monoisotopic (exact) mass is 616 g/mol. The minimum atomic E-state index is -3.59. The first-order valence-corrected chi connectivity index (χ1v) is 16.0. The second-order valence-electron chi connectivity index (χ2n) is 10.5. The molecule has 2 amide bonds. The van der Waals surface area contributed by atoms with Gasteiger partial charge in [-0.05, 0) is 48.2 Å². The molecule has 0 radical (unpaired) electrons. The minimum Gasteiger partial charge on any atom is -0.618 e. The van der Waals surface area contributed by atoms with E-state index >= 15 is 0 Å². The summed E-state index contributed by atoms with van der Waals surface area (Å²) >= 11 is 13.0. The number of pyridine rings is 1. The molecule has 1 aromatic heterocycles. The summed E-state index contributed by atoms with van der Waals surface area (Å²) in [6.45, 7) is -0.0292. The number of fused-ring (bicyclic) bond motifs is 1. The molecule has 1 saturated carbocycles. The number of amides is 2. The number of carbonyl (C=O) groups excluding carboxylic acids is 2. The number of nitrogens with one attached hydrogen (secondary N) is 2. The molecule has 2 N–H and O–H groups in total. The van der Waals surface area contributed by atoms with Gasteiger partial charge in [0.05, 0.1) is 18.2 Å². The van der Waals surface area contributed by atoms with Gasteiger partial charge in [0, 0.05) is 39.8 Å². The van der Waals surface area contributed by atoms with Crippen LogP contribution in [0.4, 0.5) is 0 Å². The molecule has 5 rings (SSSR count). The van der Waals surface area contributed by atoms with Gasteiger partial charge in [-0.15, -0.1) is 0 Å². The van der Waals surface area contributed by atoms with Crippen molar-refractivity contribution in [1.29, 1.82) is 0 Å². The Hall–Kier alpha value is -3.18. The van der Waals surface area contributed by atoms with Crippen molar-refractivity contribution in [3.63, 3.8) is 0 Å². The SMILES string of the molecule is CS(=O)(=O)N[C@H]1CCCCC1N1C(=O)c2ccccc2[C@@H](C(=O)NCc2cccc[n+]2[O-])[C@@H]1c1ccc(Cl)cc1Cl. The van der Waals surface area contributed by atoms with Gasteiger partial charge in [0.15, 0.2) is 6.20 Å². The summed E-state index contributed by atoms with van der Waals surface area (Å²) in [6.07, 6.45) is 5.11. The van der Waals surface area contributed by atoms with Gasteiger partial charge in [0.1, 0.15) is 6.54 Å². The number of aromatic nitrogens is 1. The van der Waals surface area contributed by atoms with Crippen LogP contribution in [0.5, 0.6) is 0 Å². The zero-order valence-corrected chi connectivity index (χ0v) is 24.6. The molecule has 41 heavy (non-hydrogen) atoms. The fraction of sp³-hybridized carbons (Fsp3) is 0.345. The van der Waals surface area contributed by atoms with E-state index in [0.717, 1.165) is 19.1 Å². The molecule has 216 valence electrons. The maximum absolute atomic E-state index is 14.3. The summed E-state index contributed by atoms with van der Waals surface area (Å²) < 4.78 is 28.1. The van der Waals surface area contributed by atoms with Crippen LogP contribution in [0.25, 0.3) is 0 Å². The van der Waals surface area contributed by atoms with Crippen LogP contribution in [-0.4, -0.2) is 43.5 Å². The number of nitrogens with zero attached hydrogens (tertiary/aromatic N) is 2. The van der Waals surface area contributed by atoms with Crippen LogP contribution < -0.4 is 14.8 Å². The van der Waals surface area contributed by atoms with E-state index in [4.69, 9.17) is 23.2 Å². The summed E-state index contributed by atoms with van der Waals surface area (Å²) in [5.41, 5.74) is 1.75. The van der Waals surface area contributed by atoms with Crippen LogP contribution >= 0.6 is 23.2 Å². The average Bonchev–Trinajstić information content (AvgIpc) is 2.92. The molecule has 0 saturated heterocycles. The van der Waals surface area contributed by atoms with Crippen LogP contribution in [0.3, 0.4) is 0 Å². The topological polar surface area (TPSA) is 123 Å². The van der Waals surface area contributed by atoms with Crippen molar-refractivity contribution < 1.29 is 22.7 Å². The highest BCUT2D eigenvalue weighted by Gasteiger charge is 2.49. The third-order valence-corrected chi connectivity index (χ3v) is 9.03. The summed E-state index contributed by atoms with van der Waals surface area (Å²) in [6, 6.07) is 14.8. The quantitative estimate of drug-likeness (QED) is 0.306. The Kier molecular flexibility index (Phi) is 8.56. The van der Waals surface area contributed by atoms with E-state index in [2.05, 4.69) is 10.0 Å². The molecule has 0 bridgehead atoms. The smallest absolute Gasteiger partial charge is 0.255 e. The fourth-order valence-corrected chi connectivity index (χ4v) is 7.36. The Balaban J connectivity index is 1.65. The molecule has 2 aliphatic rings. The van der Waals surface area contributed by atoms with Crippen LogP contribution in [0.1, 0.15) is 64.8 Å². The first-order chi connectivity index (χ1) is 19.5. The van der Waals surface area contributed by atoms with Crippen molar-refractivity contribution >= 4 is 45.0 Å². The van der Waals surface area contributed by atoms with E-state index in [1.165, 1.54) is 6.20 Å². The lowest BCUT2D eigenvalue weighted by Gasteiger charge is -2.49. The van der Waals surface area contributed by atoms with Gasteiger partial charge in [-0.25, -0.2) is 13.1 Å². The van der Waals surface area contributed by atoms with Crippen LogP contribution in [0.15, 0.2) is 66.9 Å². The maximum Gasteiger partial charge on any atom is 0.255 e. The number of sulfonamides is 1. The molecule has 4 atom stereocenters. The third-order valence-electron chi connectivity index (χ3n) is 7.74. The van der Waals surface area contributed by atoms with Gasteiger partial charge in [0.25, 0.3) is 5.91 Å². The predicted octanol–water partition coefficient (Wildman–Crippen LogP) is 4.08. The van der Waals surface area contributed by atoms with E-state index in [1.807, 2.05) is 0 Å². The molecule has 0 spiro atoms. The maximum atomic E-state index is 14.3. The largest absolute Gasteiger partial charge is 0.618 e. The highest BCUT2D eigenvalue weighted by Crippen LogP contribution is 2.47. The molecule has 12 heteroatoms. The van der Waals surface area contributed by atoms with Crippen LogP contribution in [0, 0.1) is 5.21 Å². The van der Waals surface area contributed by atoms with Gasteiger partial charge in [-0.1, -0.05) is 60.3 Å². The highest BCUT2D eigenvalue weighted by atomic mass is 35.5. The first-order valence-electron chi connectivity index (χ1n) is 13.3. The Morgan fingerprint density at radius 2 is 1.78 bits per heavy atom. The molecule has 1 aliphatic heterocycles. The summed E-state index contributed by atoms with van der Waals surface area (Å²) in [7, 11) is -3.59. The average molecular weight is 618 g/mol. The minimum absolute atomic E-state index is 0.0292. The number of halogens is 2. The normalized spacial score (nSPS) is 22.7. The van der Waals surface area contributed by atoms with Crippen LogP contribution in [0.2, 0.25) is 10.0 Å². The molecule has 2 heterocycles. The molecule has 1 fully saturated rings. The molecule has 3 aromatic rings. The number of hydrogen-bond acceptors (Lipinski definition) is 5. The third kappa shape index (κ3) is 6.21. The predicted molar refractivity (Wildman–Crippen MR) is 156 cm³/mol. The van der Waals surface area contributed by atoms with Crippen molar-refractivity contribution in [3.05, 3.63) is 104 Å². The summed E-state index contributed by atoms with van der Waals surface area (Å²) in [4.78, 5) is 30.0. The van der Waals surface area contributed by atoms with Gasteiger partial charge < -0.3 is 15.4 Å². The molecular formula is C29H30Cl2N4O5S. The first kappa shape index (κ1) is 29.3. The van der Waals surface area contributed by atoms with Crippen molar-refractivity contribution in [1.82, 2.24) is 14.9 Å². The second kappa shape index (κ2) is 12.0. The van der Waals surface area contributed by atoms with Gasteiger partial charge in [0.2, 0.25) is 21.6 Å².